The second kappa shape index (κ2) is 5.80. The van der Waals surface area contributed by atoms with E-state index in [9.17, 15) is 0 Å². The van der Waals surface area contributed by atoms with Gasteiger partial charge in [0.1, 0.15) is 15.7 Å². The Kier molecular flexibility index (Phi) is 4.43. The summed E-state index contributed by atoms with van der Waals surface area (Å²) < 4.78 is 22.4. The van der Waals surface area contributed by atoms with Gasteiger partial charge in [-0.15, -0.1) is 0 Å². The van der Waals surface area contributed by atoms with E-state index in [1.807, 2.05) is 0 Å². The van der Waals surface area contributed by atoms with Crippen LogP contribution >= 0.6 is 0 Å². The highest BCUT2D eigenvalue weighted by atomic mass is 16.6. The van der Waals surface area contributed by atoms with Crippen LogP contribution in [0.5, 0.6) is 0 Å². The molecule has 4 saturated heterocycles. The standard InChI is InChI=1S/2C8H13BO2/c2*1-3-8-4-10-6(5(8)2)7(9)11-8/h2*5-7H,3-4H2,1-2H3/t5-,6?,7+,8?;5-,6+,7+,8?/m00/s1. The zero-order valence-electron chi connectivity index (χ0n) is 14.1. The number of rotatable bonds is 2. The molecular formula is C16H26B2O4. The Labute approximate surface area is 136 Å². The minimum absolute atomic E-state index is 0.0654. The highest BCUT2D eigenvalue weighted by molar-refractivity contribution is 6.12. The second-order valence-corrected chi connectivity index (χ2v) is 7.13. The summed E-state index contributed by atoms with van der Waals surface area (Å²) >= 11 is 0. The van der Waals surface area contributed by atoms with Crippen LogP contribution in [0.4, 0.5) is 0 Å². The minimum atomic E-state index is -0.196. The van der Waals surface area contributed by atoms with E-state index >= 15 is 0 Å². The molecule has 0 N–H and O–H groups in total. The summed E-state index contributed by atoms with van der Waals surface area (Å²) in [6.45, 7) is 10.0. The van der Waals surface area contributed by atoms with Crippen molar-refractivity contribution in [3.8, 4) is 0 Å². The Hall–Kier alpha value is -0.0301. The Balaban J connectivity index is 0.000000131. The van der Waals surface area contributed by atoms with E-state index in [0.29, 0.717) is 11.8 Å². The maximum Gasteiger partial charge on any atom is 0.112 e. The molecule has 0 saturated carbocycles. The van der Waals surface area contributed by atoms with Crippen molar-refractivity contribution < 1.29 is 18.9 Å². The molecule has 0 spiro atoms. The van der Waals surface area contributed by atoms with E-state index in [1.165, 1.54) is 0 Å². The van der Waals surface area contributed by atoms with Crippen LogP contribution in [0.1, 0.15) is 40.5 Å². The third kappa shape index (κ3) is 2.29. The average molecular weight is 304 g/mol. The van der Waals surface area contributed by atoms with Crippen molar-refractivity contribution in [2.75, 3.05) is 13.2 Å². The van der Waals surface area contributed by atoms with Crippen molar-refractivity contribution in [2.45, 2.75) is 76.0 Å². The fourth-order valence-electron chi connectivity index (χ4n) is 4.36. The monoisotopic (exact) mass is 304 g/mol. The van der Waals surface area contributed by atoms with Crippen LogP contribution in [0.15, 0.2) is 0 Å². The summed E-state index contributed by atoms with van der Waals surface area (Å²) in [6.07, 6.45) is 2.27. The molecule has 4 nitrogen and oxygen atoms in total. The van der Waals surface area contributed by atoms with Gasteiger partial charge in [0.2, 0.25) is 0 Å². The molecule has 0 aromatic carbocycles. The van der Waals surface area contributed by atoms with Gasteiger partial charge in [-0.3, -0.25) is 0 Å². The maximum atomic E-state index is 5.72. The SMILES string of the molecule is [B][C@@H]1OC2(CC)COC1[C@@H]2C.[B][C@@H]1OC2(CC)CO[C@@H]1[C@@H]2C. The van der Waals surface area contributed by atoms with Crippen LogP contribution in [-0.2, 0) is 18.9 Å². The molecule has 4 heterocycles. The van der Waals surface area contributed by atoms with Crippen LogP contribution in [0.25, 0.3) is 0 Å². The van der Waals surface area contributed by atoms with E-state index in [2.05, 4.69) is 27.7 Å². The quantitative estimate of drug-likeness (QED) is 0.723. The number of hydrogen-bond donors (Lipinski definition) is 0. The van der Waals surface area contributed by atoms with Gasteiger partial charge in [-0.25, -0.2) is 0 Å². The topological polar surface area (TPSA) is 36.9 Å². The number of hydrogen-bond acceptors (Lipinski definition) is 4. The fraction of sp³-hybridized carbons (Fsp3) is 1.00. The van der Waals surface area contributed by atoms with Crippen LogP contribution < -0.4 is 0 Å². The number of ether oxygens (including phenoxy) is 4. The summed E-state index contributed by atoms with van der Waals surface area (Å²) in [4.78, 5) is 0. The highest BCUT2D eigenvalue weighted by Crippen LogP contribution is 2.46. The van der Waals surface area contributed by atoms with Gasteiger partial charge < -0.3 is 18.9 Å². The second-order valence-electron chi connectivity index (χ2n) is 7.13. The first-order valence-electron chi connectivity index (χ1n) is 8.49. The molecule has 6 heteroatoms. The first kappa shape index (κ1) is 16.8. The predicted octanol–water partition coefficient (Wildman–Crippen LogP) is 1.39. The average Bonchev–Trinajstić information content (AvgIpc) is 3.15. The van der Waals surface area contributed by atoms with Gasteiger partial charge in [0.15, 0.2) is 0 Å². The summed E-state index contributed by atoms with van der Waals surface area (Å²) in [5.41, 5.74) is -0.131. The van der Waals surface area contributed by atoms with Crippen LogP contribution in [0.2, 0.25) is 0 Å². The van der Waals surface area contributed by atoms with E-state index in [-0.39, 0.29) is 35.4 Å². The predicted molar refractivity (Wildman–Crippen MR) is 85.1 cm³/mol. The molecule has 4 aliphatic heterocycles. The summed E-state index contributed by atoms with van der Waals surface area (Å²) in [5, 5.41) is 0. The molecule has 4 bridgehead atoms. The van der Waals surface area contributed by atoms with Crippen molar-refractivity contribution in [3.63, 3.8) is 0 Å². The molecule has 8 atom stereocenters. The van der Waals surface area contributed by atoms with Crippen LogP contribution in [0.3, 0.4) is 0 Å². The lowest BCUT2D eigenvalue weighted by molar-refractivity contribution is -0.115. The van der Waals surface area contributed by atoms with E-state index in [4.69, 9.17) is 34.6 Å². The Bertz CT molecular complexity index is 385. The summed E-state index contributed by atoms with van der Waals surface area (Å²) in [5.74, 6) is 0.921. The van der Waals surface area contributed by atoms with Gasteiger partial charge in [0.05, 0.1) is 36.6 Å². The first-order chi connectivity index (χ1) is 10.4. The lowest BCUT2D eigenvalue weighted by Crippen LogP contribution is -2.37. The van der Waals surface area contributed by atoms with Gasteiger partial charge in [-0.05, 0) is 12.8 Å². The highest BCUT2D eigenvalue weighted by Gasteiger charge is 2.56. The Morgan fingerprint density at radius 1 is 0.818 bits per heavy atom. The fourth-order valence-corrected chi connectivity index (χ4v) is 4.36. The zero-order valence-corrected chi connectivity index (χ0v) is 14.1. The first-order valence-corrected chi connectivity index (χ1v) is 8.49. The summed E-state index contributed by atoms with van der Waals surface area (Å²) in [6, 6.07) is -0.391. The van der Waals surface area contributed by atoms with Crippen LogP contribution in [0, 0.1) is 11.8 Å². The normalized spacial score (nSPS) is 55.3. The van der Waals surface area contributed by atoms with Crippen molar-refractivity contribution in [1.82, 2.24) is 0 Å². The molecular weight excluding hydrogens is 278 g/mol. The largest absolute Gasteiger partial charge is 0.376 e. The molecule has 0 aromatic rings. The van der Waals surface area contributed by atoms with Crippen molar-refractivity contribution in [1.29, 1.82) is 0 Å². The third-order valence-electron chi connectivity index (χ3n) is 6.27. The Morgan fingerprint density at radius 2 is 1.18 bits per heavy atom. The molecule has 3 unspecified atom stereocenters. The van der Waals surface area contributed by atoms with E-state index in [0.717, 1.165) is 26.1 Å². The van der Waals surface area contributed by atoms with Crippen molar-refractivity contribution in [3.05, 3.63) is 0 Å². The van der Waals surface area contributed by atoms with E-state index < -0.39 is 0 Å². The molecule has 4 fully saturated rings. The zero-order chi connectivity index (χ0) is 16.1. The minimum Gasteiger partial charge on any atom is -0.376 e. The molecule has 4 radical (unpaired) electrons. The van der Waals surface area contributed by atoms with Crippen LogP contribution in [-0.4, -0.2) is 64.3 Å². The van der Waals surface area contributed by atoms with Gasteiger partial charge >= 0.3 is 0 Å². The molecule has 4 rings (SSSR count). The van der Waals surface area contributed by atoms with Crippen molar-refractivity contribution >= 4 is 15.7 Å². The lowest BCUT2D eigenvalue weighted by Gasteiger charge is -2.29. The lowest BCUT2D eigenvalue weighted by atomic mass is 9.85. The maximum absolute atomic E-state index is 5.72. The van der Waals surface area contributed by atoms with E-state index in [1.54, 1.807) is 0 Å². The van der Waals surface area contributed by atoms with Gasteiger partial charge in [-0.1, -0.05) is 27.7 Å². The molecule has 4 aliphatic rings. The Morgan fingerprint density at radius 3 is 1.32 bits per heavy atom. The molecule has 0 aromatic heterocycles. The molecule has 0 amide bonds. The van der Waals surface area contributed by atoms with Gasteiger partial charge in [-0.2, -0.15) is 0 Å². The smallest absolute Gasteiger partial charge is 0.112 e. The van der Waals surface area contributed by atoms with Gasteiger partial charge in [0.25, 0.3) is 0 Å². The number of fused-ring (bicyclic) bond motifs is 4. The summed E-state index contributed by atoms with van der Waals surface area (Å²) in [7, 11) is 11.4. The third-order valence-corrected chi connectivity index (χ3v) is 6.27. The molecule has 120 valence electrons. The van der Waals surface area contributed by atoms with Crippen molar-refractivity contribution in [2.24, 2.45) is 11.8 Å². The molecule has 0 aliphatic carbocycles. The molecule has 22 heavy (non-hydrogen) atoms. The van der Waals surface area contributed by atoms with Gasteiger partial charge in [0, 0.05) is 23.8 Å².